The van der Waals surface area contributed by atoms with E-state index in [2.05, 4.69) is 9.05 Å². The lowest BCUT2D eigenvalue weighted by Crippen LogP contribution is -2.59. The maximum absolute atomic E-state index is 13.2. The molecule has 0 unspecified atom stereocenters. The molecule has 0 radical (unpaired) electrons. The van der Waals surface area contributed by atoms with Crippen LogP contribution in [0.4, 0.5) is 70.2 Å². The lowest BCUT2D eigenvalue weighted by atomic mass is 10.1. The Labute approximate surface area is 161 Å². The van der Waals surface area contributed by atoms with Gasteiger partial charge in [-0.15, -0.1) is 0 Å². The Balaban J connectivity index is 5.41. The van der Waals surface area contributed by atoms with Crippen LogP contribution in [0.1, 0.15) is 0 Å². The van der Waals surface area contributed by atoms with Crippen LogP contribution < -0.4 is 0 Å². The maximum atomic E-state index is 13.2. The molecule has 0 aromatic rings. The summed E-state index contributed by atoms with van der Waals surface area (Å²) in [6.07, 6.45) is -10.7. The van der Waals surface area contributed by atoms with E-state index in [9.17, 15) is 74.8 Å². The first-order chi connectivity index (χ1) is 13.3. The molecule has 0 amide bonds. The molecular weight excluding hydrogens is 515 g/mol. The Morgan fingerprint density at radius 2 is 0.839 bits per heavy atom. The summed E-state index contributed by atoms with van der Waals surface area (Å²) in [5, 5.41) is 0. The molecular formula is C11H9F16O3P. The van der Waals surface area contributed by atoms with Gasteiger partial charge < -0.3 is 9.05 Å². The van der Waals surface area contributed by atoms with E-state index in [1.807, 2.05) is 0 Å². The molecule has 0 N–H and O–H groups in total. The standard InChI is InChI=1S/C11H9F16O3P/c1-31(28,29-2-6(16,17)10(24,25)8(20,21)4(12)13)30-3-7(18,19)11(26,27)9(22,23)5(14)15/h4-5H,2-3H2,1H3. The molecule has 3 nitrogen and oxygen atoms in total. The van der Waals surface area contributed by atoms with Crippen LogP contribution in [-0.4, -0.2) is 68.3 Å². The number of rotatable bonds is 12. The highest BCUT2D eigenvalue weighted by Gasteiger charge is 2.76. The highest BCUT2D eigenvalue weighted by atomic mass is 31.2. The molecule has 0 aromatic heterocycles. The fourth-order valence-electron chi connectivity index (χ4n) is 1.38. The van der Waals surface area contributed by atoms with Crippen molar-refractivity contribution >= 4 is 7.60 Å². The first-order valence-corrected chi connectivity index (χ1v) is 8.99. The van der Waals surface area contributed by atoms with Crippen LogP contribution in [0.2, 0.25) is 0 Å². The molecule has 0 fully saturated rings. The molecule has 0 atom stereocenters. The van der Waals surface area contributed by atoms with E-state index in [0.29, 0.717) is 0 Å². The molecule has 0 bridgehead atoms. The van der Waals surface area contributed by atoms with Gasteiger partial charge in [0.2, 0.25) is 0 Å². The van der Waals surface area contributed by atoms with E-state index in [-0.39, 0.29) is 6.66 Å². The molecule has 0 aliphatic carbocycles. The summed E-state index contributed by atoms with van der Waals surface area (Å²) >= 11 is 0. The van der Waals surface area contributed by atoms with E-state index in [4.69, 9.17) is 0 Å². The number of hydrogen-bond acceptors (Lipinski definition) is 3. The predicted octanol–water partition coefficient (Wildman–Crippen LogP) is 6.18. The summed E-state index contributed by atoms with van der Waals surface area (Å²) in [6, 6.07) is 0. The van der Waals surface area contributed by atoms with Gasteiger partial charge in [-0.2, -0.15) is 52.7 Å². The maximum Gasteiger partial charge on any atom is 0.380 e. The lowest BCUT2D eigenvalue weighted by molar-refractivity contribution is -0.344. The second-order valence-electron chi connectivity index (χ2n) is 5.72. The van der Waals surface area contributed by atoms with Gasteiger partial charge >= 0.3 is 56.0 Å². The largest absolute Gasteiger partial charge is 0.380 e. The van der Waals surface area contributed by atoms with Crippen molar-refractivity contribution in [3.63, 3.8) is 0 Å². The summed E-state index contributed by atoms with van der Waals surface area (Å²) in [5.74, 6) is -39.7. The molecule has 0 aliphatic heterocycles. The van der Waals surface area contributed by atoms with Gasteiger partial charge in [0, 0.05) is 6.66 Å². The Morgan fingerprint density at radius 3 is 1.03 bits per heavy atom. The smallest absolute Gasteiger partial charge is 0.302 e. The van der Waals surface area contributed by atoms with Gasteiger partial charge in [0.25, 0.3) is 0 Å². The number of alkyl halides is 16. The third kappa shape index (κ3) is 5.69. The zero-order valence-corrected chi connectivity index (χ0v) is 15.2. The van der Waals surface area contributed by atoms with Gasteiger partial charge in [0.1, 0.15) is 13.2 Å². The van der Waals surface area contributed by atoms with Crippen LogP contribution in [-0.2, 0) is 13.6 Å². The molecule has 0 saturated carbocycles. The molecule has 0 spiro atoms. The van der Waals surface area contributed by atoms with Gasteiger partial charge in [-0.3, -0.25) is 4.57 Å². The van der Waals surface area contributed by atoms with Gasteiger partial charge in [-0.05, 0) is 0 Å². The zero-order chi connectivity index (χ0) is 25.5. The van der Waals surface area contributed by atoms with Gasteiger partial charge in [0.05, 0.1) is 0 Å². The van der Waals surface area contributed by atoms with Crippen molar-refractivity contribution in [2.24, 2.45) is 0 Å². The SMILES string of the molecule is CP(=O)(OCC(F)(F)C(F)(F)C(F)(F)C(F)F)OCC(F)(F)C(F)(F)C(F)(F)C(F)F. The molecule has 31 heavy (non-hydrogen) atoms. The van der Waals surface area contributed by atoms with Crippen LogP contribution >= 0.6 is 7.60 Å². The number of halogens is 16. The second-order valence-corrected chi connectivity index (χ2v) is 7.78. The molecule has 0 aliphatic rings. The van der Waals surface area contributed by atoms with Crippen LogP contribution in [0.3, 0.4) is 0 Å². The van der Waals surface area contributed by atoms with Crippen LogP contribution in [0.25, 0.3) is 0 Å². The van der Waals surface area contributed by atoms with Crippen LogP contribution in [0, 0.1) is 0 Å². The molecule has 0 aromatic carbocycles. The van der Waals surface area contributed by atoms with E-state index in [1.165, 1.54) is 0 Å². The summed E-state index contributed by atoms with van der Waals surface area (Å²) in [4.78, 5) is 0. The Bertz CT molecular complexity index is 611. The quantitative estimate of drug-likeness (QED) is 0.226. The van der Waals surface area contributed by atoms with Gasteiger partial charge in [0.15, 0.2) is 0 Å². The zero-order valence-electron chi connectivity index (χ0n) is 14.3. The van der Waals surface area contributed by atoms with Gasteiger partial charge in [-0.25, -0.2) is 17.6 Å². The second kappa shape index (κ2) is 8.76. The minimum absolute atomic E-state index is 0.202. The third-order valence-electron chi connectivity index (χ3n) is 3.26. The third-order valence-corrected chi connectivity index (χ3v) is 4.46. The van der Waals surface area contributed by atoms with Crippen molar-refractivity contribution in [2.75, 3.05) is 19.9 Å². The van der Waals surface area contributed by atoms with E-state index >= 15 is 0 Å². The highest BCUT2D eigenvalue weighted by molar-refractivity contribution is 7.52. The van der Waals surface area contributed by atoms with Crippen molar-refractivity contribution in [3.05, 3.63) is 0 Å². The fourth-order valence-corrected chi connectivity index (χ4v) is 2.24. The van der Waals surface area contributed by atoms with Crippen molar-refractivity contribution < 1.29 is 83.9 Å². The van der Waals surface area contributed by atoms with E-state index in [0.717, 1.165) is 0 Å². The molecule has 0 heterocycles. The average Bonchev–Trinajstić information content (AvgIpc) is 2.57. The summed E-state index contributed by atoms with van der Waals surface area (Å²) < 4.78 is 221. The fraction of sp³-hybridized carbons (Fsp3) is 1.00. The predicted molar refractivity (Wildman–Crippen MR) is 67.1 cm³/mol. The molecule has 0 rings (SSSR count). The number of hydrogen-bond donors (Lipinski definition) is 0. The first-order valence-electron chi connectivity index (χ1n) is 7.00. The summed E-state index contributed by atoms with van der Waals surface area (Å²) in [5.41, 5.74) is 0. The topological polar surface area (TPSA) is 35.5 Å². The Hall–Kier alpha value is -0.970. The van der Waals surface area contributed by atoms with E-state index < -0.39 is 69.2 Å². The monoisotopic (exact) mass is 524 g/mol. The minimum atomic E-state index is -6.88. The van der Waals surface area contributed by atoms with Gasteiger partial charge in [-0.1, -0.05) is 0 Å². The normalized spacial score (nSPS) is 15.8. The minimum Gasteiger partial charge on any atom is -0.302 e. The van der Waals surface area contributed by atoms with E-state index in [1.54, 1.807) is 0 Å². The van der Waals surface area contributed by atoms with Crippen LogP contribution in [0.5, 0.6) is 0 Å². The molecule has 188 valence electrons. The lowest BCUT2D eigenvalue weighted by Gasteiger charge is -2.33. The van der Waals surface area contributed by atoms with Crippen LogP contribution in [0.15, 0.2) is 0 Å². The van der Waals surface area contributed by atoms with Crippen molar-refractivity contribution in [2.45, 2.75) is 48.4 Å². The van der Waals surface area contributed by atoms with Crippen molar-refractivity contribution in [3.8, 4) is 0 Å². The van der Waals surface area contributed by atoms with Crippen molar-refractivity contribution in [1.29, 1.82) is 0 Å². The highest BCUT2D eigenvalue weighted by Crippen LogP contribution is 2.54. The Morgan fingerprint density at radius 1 is 0.613 bits per heavy atom. The average molecular weight is 524 g/mol. The Kier molecular flexibility index (Phi) is 8.48. The molecule has 0 saturated heterocycles. The summed E-state index contributed by atoms with van der Waals surface area (Å²) in [6.45, 7) is -6.58. The molecule has 20 heteroatoms. The van der Waals surface area contributed by atoms with Crippen molar-refractivity contribution in [1.82, 2.24) is 0 Å². The first kappa shape index (κ1) is 30.0. The summed E-state index contributed by atoms with van der Waals surface area (Å²) in [7, 11) is -5.67.